The molecule has 0 fully saturated rings. The fourth-order valence-corrected chi connectivity index (χ4v) is 1.14. The molecule has 1 unspecified atom stereocenters. The Morgan fingerprint density at radius 1 is 1.62 bits per heavy atom. The van der Waals surface area contributed by atoms with E-state index in [1.807, 2.05) is 31.2 Å². The molecule has 2 nitrogen and oxygen atoms in total. The van der Waals surface area contributed by atoms with Gasteiger partial charge in [0.15, 0.2) is 0 Å². The van der Waals surface area contributed by atoms with E-state index in [-0.39, 0.29) is 12.6 Å². The maximum absolute atomic E-state index is 8.87. The number of hydrogen-bond acceptors (Lipinski definition) is 2. The van der Waals surface area contributed by atoms with E-state index < -0.39 is 0 Å². The Kier molecular flexibility index (Phi) is 3.23. The summed E-state index contributed by atoms with van der Waals surface area (Å²) < 4.78 is 0. The van der Waals surface area contributed by atoms with E-state index >= 15 is 0 Å². The molecule has 0 radical (unpaired) electrons. The second kappa shape index (κ2) is 4.21. The lowest BCUT2D eigenvalue weighted by Crippen LogP contribution is -2.14. The molecule has 0 saturated heterocycles. The van der Waals surface area contributed by atoms with Crippen LogP contribution in [0.5, 0.6) is 0 Å². The molecule has 3 N–H and O–H groups in total. The third-order valence-electron chi connectivity index (χ3n) is 2.00. The Morgan fingerprint density at radius 2 is 2.31 bits per heavy atom. The van der Waals surface area contributed by atoms with Crippen molar-refractivity contribution in [2.45, 2.75) is 13.0 Å². The van der Waals surface area contributed by atoms with Crippen LogP contribution in [0.15, 0.2) is 30.8 Å². The van der Waals surface area contributed by atoms with E-state index in [0.717, 1.165) is 16.7 Å². The Bertz CT molecular complexity index is 307. The third-order valence-corrected chi connectivity index (χ3v) is 2.00. The molecule has 0 aliphatic carbocycles. The van der Waals surface area contributed by atoms with Gasteiger partial charge in [-0.2, -0.15) is 0 Å². The molecule has 0 amide bonds. The third kappa shape index (κ3) is 2.41. The highest BCUT2D eigenvalue weighted by atomic mass is 16.3. The Balaban J connectivity index is 2.98. The Morgan fingerprint density at radius 3 is 2.85 bits per heavy atom. The van der Waals surface area contributed by atoms with Gasteiger partial charge < -0.3 is 10.8 Å². The first-order valence-corrected chi connectivity index (χ1v) is 4.27. The lowest BCUT2D eigenvalue weighted by atomic mass is 10.0. The van der Waals surface area contributed by atoms with Gasteiger partial charge in [0.25, 0.3) is 0 Å². The second-order valence-corrected chi connectivity index (χ2v) is 3.19. The van der Waals surface area contributed by atoms with Gasteiger partial charge in [-0.1, -0.05) is 30.4 Å². The van der Waals surface area contributed by atoms with Crippen LogP contribution in [0.25, 0.3) is 5.57 Å². The molecule has 0 spiro atoms. The van der Waals surface area contributed by atoms with E-state index in [9.17, 15) is 0 Å². The van der Waals surface area contributed by atoms with Gasteiger partial charge >= 0.3 is 0 Å². The molecular weight excluding hydrogens is 162 g/mol. The zero-order chi connectivity index (χ0) is 9.84. The van der Waals surface area contributed by atoms with E-state index in [4.69, 9.17) is 10.8 Å². The van der Waals surface area contributed by atoms with Crippen molar-refractivity contribution in [2.75, 3.05) is 6.61 Å². The molecule has 0 aliphatic heterocycles. The highest BCUT2D eigenvalue weighted by Gasteiger charge is 2.04. The summed E-state index contributed by atoms with van der Waals surface area (Å²) in [5.74, 6) is 0. The molecule has 0 heterocycles. The van der Waals surface area contributed by atoms with Crippen molar-refractivity contribution in [3.05, 3.63) is 42.0 Å². The van der Waals surface area contributed by atoms with Crippen LogP contribution in [0.2, 0.25) is 0 Å². The zero-order valence-electron chi connectivity index (χ0n) is 7.83. The lowest BCUT2D eigenvalue weighted by molar-refractivity contribution is 0.268. The fraction of sp³-hybridized carbons (Fsp3) is 0.273. The second-order valence-electron chi connectivity index (χ2n) is 3.19. The maximum atomic E-state index is 8.87. The molecule has 1 aromatic rings. The van der Waals surface area contributed by atoms with Gasteiger partial charge in [0.1, 0.15) is 0 Å². The predicted molar refractivity (Wildman–Crippen MR) is 55.2 cm³/mol. The zero-order valence-corrected chi connectivity index (χ0v) is 7.83. The summed E-state index contributed by atoms with van der Waals surface area (Å²) in [5.41, 5.74) is 8.71. The smallest absolute Gasteiger partial charge is 0.0624 e. The number of allylic oxidation sites excluding steroid dienone is 1. The van der Waals surface area contributed by atoms with Gasteiger partial charge in [-0.25, -0.2) is 0 Å². The van der Waals surface area contributed by atoms with Crippen LogP contribution in [0.4, 0.5) is 0 Å². The summed E-state index contributed by atoms with van der Waals surface area (Å²) in [6.45, 7) is 5.77. The number of nitrogens with two attached hydrogens (primary N) is 1. The van der Waals surface area contributed by atoms with Crippen molar-refractivity contribution >= 4 is 5.57 Å². The van der Waals surface area contributed by atoms with E-state index in [2.05, 4.69) is 6.58 Å². The van der Waals surface area contributed by atoms with Crippen LogP contribution in [-0.2, 0) is 0 Å². The van der Waals surface area contributed by atoms with Crippen LogP contribution in [0.1, 0.15) is 24.1 Å². The standard InChI is InChI=1S/C11H15NO/c1-8(2)9-4-3-5-10(6-9)11(12)7-13/h3-6,11,13H,1,7,12H2,2H3. The quantitative estimate of drug-likeness (QED) is 0.738. The molecule has 0 aliphatic rings. The summed E-state index contributed by atoms with van der Waals surface area (Å²) in [6, 6.07) is 7.49. The van der Waals surface area contributed by atoms with Gasteiger partial charge in [-0.3, -0.25) is 0 Å². The number of aliphatic hydroxyl groups excluding tert-OH is 1. The predicted octanol–water partition coefficient (Wildman–Crippen LogP) is 1.71. The van der Waals surface area contributed by atoms with Crippen molar-refractivity contribution in [2.24, 2.45) is 5.73 Å². The molecule has 0 aromatic heterocycles. The molecule has 0 bridgehead atoms. The van der Waals surface area contributed by atoms with E-state index in [1.165, 1.54) is 0 Å². The molecular formula is C11H15NO. The van der Waals surface area contributed by atoms with Crippen LogP contribution < -0.4 is 5.73 Å². The van der Waals surface area contributed by atoms with Crippen LogP contribution in [0.3, 0.4) is 0 Å². The normalized spacial score (nSPS) is 12.5. The topological polar surface area (TPSA) is 46.2 Å². The molecule has 70 valence electrons. The molecule has 13 heavy (non-hydrogen) atoms. The van der Waals surface area contributed by atoms with Gasteiger partial charge in [-0.05, 0) is 24.1 Å². The molecule has 1 rings (SSSR count). The van der Waals surface area contributed by atoms with E-state index in [1.54, 1.807) is 0 Å². The average Bonchev–Trinajstić information content (AvgIpc) is 2.17. The fourth-order valence-electron chi connectivity index (χ4n) is 1.14. The molecule has 2 heteroatoms. The van der Waals surface area contributed by atoms with Crippen molar-refractivity contribution in [3.8, 4) is 0 Å². The van der Waals surface area contributed by atoms with Crippen molar-refractivity contribution < 1.29 is 5.11 Å². The largest absolute Gasteiger partial charge is 0.394 e. The minimum atomic E-state index is -0.292. The number of benzene rings is 1. The highest BCUT2D eigenvalue weighted by Crippen LogP contribution is 2.16. The molecule has 1 aromatic carbocycles. The van der Waals surface area contributed by atoms with Crippen LogP contribution >= 0.6 is 0 Å². The van der Waals surface area contributed by atoms with Gasteiger partial charge in [-0.15, -0.1) is 0 Å². The first kappa shape index (κ1) is 9.96. The van der Waals surface area contributed by atoms with Crippen molar-refractivity contribution in [3.63, 3.8) is 0 Å². The first-order valence-electron chi connectivity index (χ1n) is 4.27. The lowest BCUT2D eigenvalue weighted by Gasteiger charge is -2.09. The molecule has 1 atom stereocenters. The SMILES string of the molecule is C=C(C)c1cccc(C(N)CO)c1. The van der Waals surface area contributed by atoms with Gasteiger partial charge in [0.2, 0.25) is 0 Å². The number of aliphatic hydroxyl groups is 1. The minimum absolute atomic E-state index is 0.0281. The van der Waals surface area contributed by atoms with Gasteiger partial charge in [0, 0.05) is 0 Å². The Hall–Kier alpha value is -1.12. The summed E-state index contributed by atoms with van der Waals surface area (Å²) >= 11 is 0. The van der Waals surface area contributed by atoms with Crippen molar-refractivity contribution in [1.82, 2.24) is 0 Å². The van der Waals surface area contributed by atoms with Crippen LogP contribution in [0, 0.1) is 0 Å². The molecule has 0 saturated carbocycles. The summed E-state index contributed by atoms with van der Waals surface area (Å²) in [7, 11) is 0. The summed E-state index contributed by atoms with van der Waals surface area (Å²) in [5, 5.41) is 8.87. The Labute approximate surface area is 78.7 Å². The monoisotopic (exact) mass is 177 g/mol. The minimum Gasteiger partial charge on any atom is -0.394 e. The summed E-state index contributed by atoms with van der Waals surface area (Å²) in [6.07, 6.45) is 0. The highest BCUT2D eigenvalue weighted by molar-refractivity contribution is 5.61. The number of rotatable bonds is 3. The number of hydrogen-bond donors (Lipinski definition) is 2. The van der Waals surface area contributed by atoms with Crippen LogP contribution in [-0.4, -0.2) is 11.7 Å². The van der Waals surface area contributed by atoms with Crippen molar-refractivity contribution in [1.29, 1.82) is 0 Å². The first-order chi connectivity index (χ1) is 6.15. The van der Waals surface area contributed by atoms with E-state index in [0.29, 0.717) is 0 Å². The average molecular weight is 177 g/mol. The summed E-state index contributed by atoms with van der Waals surface area (Å²) in [4.78, 5) is 0. The maximum Gasteiger partial charge on any atom is 0.0624 e. The van der Waals surface area contributed by atoms with Gasteiger partial charge in [0.05, 0.1) is 12.6 Å².